The maximum atomic E-state index is 5.91. The first-order chi connectivity index (χ1) is 8.79. The van der Waals surface area contributed by atoms with Gasteiger partial charge in [0.25, 0.3) is 0 Å². The smallest absolute Gasteiger partial charge is 0.149 e. The number of rotatable bonds is 2. The van der Waals surface area contributed by atoms with Crippen LogP contribution in [0.5, 0.6) is 0 Å². The van der Waals surface area contributed by atoms with Gasteiger partial charge < -0.3 is 4.42 Å². The third kappa shape index (κ3) is 1.87. The molecule has 0 saturated carbocycles. The molecule has 2 heteroatoms. The molecule has 0 bridgehead atoms. The quantitative estimate of drug-likeness (QED) is 0.615. The van der Waals surface area contributed by atoms with Gasteiger partial charge in [0.05, 0.1) is 4.47 Å². The Kier molecular flexibility index (Phi) is 2.96. The highest BCUT2D eigenvalue weighted by atomic mass is 79.9. The largest absolute Gasteiger partial charge is 0.455 e. The Morgan fingerprint density at radius 1 is 1.00 bits per heavy atom. The van der Waals surface area contributed by atoms with E-state index in [0.29, 0.717) is 0 Å². The lowest BCUT2D eigenvalue weighted by atomic mass is 10.1. The van der Waals surface area contributed by atoms with Crippen LogP contribution in [0.3, 0.4) is 0 Å². The molecule has 1 nitrogen and oxygen atoms in total. The lowest BCUT2D eigenvalue weighted by molar-refractivity contribution is 0.630. The van der Waals surface area contributed by atoms with Crippen molar-refractivity contribution < 1.29 is 4.42 Å². The van der Waals surface area contributed by atoms with Crippen LogP contribution in [-0.4, -0.2) is 0 Å². The van der Waals surface area contributed by atoms with Gasteiger partial charge in [0, 0.05) is 10.9 Å². The van der Waals surface area contributed by atoms with Crippen LogP contribution in [0.15, 0.2) is 57.4 Å². The number of benzene rings is 2. The van der Waals surface area contributed by atoms with Crippen molar-refractivity contribution in [3.63, 3.8) is 0 Å². The van der Waals surface area contributed by atoms with Gasteiger partial charge in [0.2, 0.25) is 0 Å². The second kappa shape index (κ2) is 4.62. The van der Waals surface area contributed by atoms with Crippen molar-refractivity contribution in [2.45, 2.75) is 13.3 Å². The van der Waals surface area contributed by atoms with Gasteiger partial charge in [-0.3, -0.25) is 0 Å². The summed E-state index contributed by atoms with van der Waals surface area (Å²) < 4.78 is 6.94. The molecule has 0 atom stereocenters. The molecule has 0 N–H and O–H groups in total. The molecule has 3 aromatic rings. The summed E-state index contributed by atoms with van der Waals surface area (Å²) in [6.07, 6.45) is 1.06. The Morgan fingerprint density at radius 2 is 1.72 bits per heavy atom. The molecule has 0 aliphatic carbocycles. The Balaban J connectivity index is 2.15. The zero-order valence-electron chi connectivity index (χ0n) is 10.1. The van der Waals surface area contributed by atoms with Crippen molar-refractivity contribution in [3.8, 4) is 11.3 Å². The minimum Gasteiger partial charge on any atom is -0.455 e. The Morgan fingerprint density at radius 3 is 2.39 bits per heavy atom. The molecule has 1 heterocycles. The van der Waals surface area contributed by atoms with E-state index < -0.39 is 0 Å². The van der Waals surface area contributed by atoms with Gasteiger partial charge in [-0.25, -0.2) is 0 Å². The topological polar surface area (TPSA) is 13.1 Å². The van der Waals surface area contributed by atoms with Gasteiger partial charge >= 0.3 is 0 Å². The molecular weight excluding hydrogens is 288 g/mol. The average molecular weight is 301 g/mol. The van der Waals surface area contributed by atoms with Crippen molar-refractivity contribution in [1.29, 1.82) is 0 Å². The molecule has 18 heavy (non-hydrogen) atoms. The Hall–Kier alpha value is -1.54. The van der Waals surface area contributed by atoms with E-state index in [1.165, 1.54) is 5.56 Å². The van der Waals surface area contributed by atoms with Crippen LogP contribution < -0.4 is 0 Å². The first kappa shape index (κ1) is 11.5. The van der Waals surface area contributed by atoms with Crippen LogP contribution in [0.2, 0.25) is 0 Å². The molecule has 0 unspecified atom stereocenters. The number of hydrogen-bond acceptors (Lipinski definition) is 1. The first-order valence-electron chi connectivity index (χ1n) is 6.06. The Bertz CT molecular complexity index is 680. The fraction of sp³-hybridized carbons (Fsp3) is 0.125. The number of aryl methyl sites for hydroxylation is 1. The highest BCUT2D eigenvalue weighted by molar-refractivity contribution is 9.10. The minimum absolute atomic E-state index is 0.902. The van der Waals surface area contributed by atoms with Crippen LogP contribution in [-0.2, 0) is 6.42 Å². The van der Waals surface area contributed by atoms with Crippen molar-refractivity contribution in [3.05, 3.63) is 58.6 Å². The summed E-state index contributed by atoms with van der Waals surface area (Å²) in [6, 6.07) is 16.6. The summed E-state index contributed by atoms with van der Waals surface area (Å²) >= 11 is 3.63. The molecular formula is C16H13BrO. The monoisotopic (exact) mass is 300 g/mol. The summed E-state index contributed by atoms with van der Waals surface area (Å²) in [6.45, 7) is 2.16. The van der Waals surface area contributed by atoms with Gasteiger partial charge in [-0.15, -0.1) is 0 Å². The summed E-state index contributed by atoms with van der Waals surface area (Å²) in [5.74, 6) is 0.902. The van der Waals surface area contributed by atoms with E-state index in [1.54, 1.807) is 0 Å². The maximum absolute atomic E-state index is 5.91. The highest BCUT2D eigenvalue weighted by Crippen LogP contribution is 2.37. The molecule has 2 aromatic carbocycles. The third-order valence-corrected chi connectivity index (χ3v) is 3.95. The lowest BCUT2D eigenvalue weighted by Crippen LogP contribution is -1.80. The van der Waals surface area contributed by atoms with Crippen molar-refractivity contribution in [2.24, 2.45) is 0 Å². The molecule has 0 aliphatic rings. The minimum atomic E-state index is 0.902. The van der Waals surface area contributed by atoms with Crippen molar-refractivity contribution >= 4 is 26.9 Å². The second-order valence-electron chi connectivity index (χ2n) is 4.29. The first-order valence-corrected chi connectivity index (χ1v) is 6.85. The van der Waals surface area contributed by atoms with Crippen LogP contribution in [0.1, 0.15) is 12.5 Å². The van der Waals surface area contributed by atoms with E-state index in [2.05, 4.69) is 53.2 Å². The normalized spacial score (nSPS) is 11.0. The van der Waals surface area contributed by atoms with Crippen LogP contribution in [0, 0.1) is 0 Å². The summed E-state index contributed by atoms with van der Waals surface area (Å²) in [5.41, 5.74) is 3.36. The summed E-state index contributed by atoms with van der Waals surface area (Å²) in [7, 11) is 0. The standard InChI is InChI=1S/C16H13BrO/c1-2-11-7-9-12(10-8-11)16-15(17)13-5-3-4-6-14(13)18-16/h3-10H,2H2,1H3. The van der Waals surface area contributed by atoms with E-state index >= 15 is 0 Å². The van der Waals surface area contributed by atoms with Gasteiger partial charge in [0.1, 0.15) is 11.3 Å². The SMILES string of the molecule is CCc1ccc(-c2oc3ccccc3c2Br)cc1. The van der Waals surface area contributed by atoms with Gasteiger partial charge in [-0.1, -0.05) is 43.3 Å². The Labute approximate surface area is 115 Å². The molecule has 0 spiro atoms. The molecule has 0 radical (unpaired) electrons. The molecule has 90 valence electrons. The predicted octanol–water partition coefficient (Wildman–Crippen LogP) is 5.42. The highest BCUT2D eigenvalue weighted by Gasteiger charge is 2.12. The number of halogens is 1. The molecule has 1 aromatic heterocycles. The van der Waals surface area contributed by atoms with E-state index in [4.69, 9.17) is 4.42 Å². The molecule has 3 rings (SSSR count). The van der Waals surface area contributed by atoms with E-state index in [0.717, 1.165) is 33.2 Å². The lowest BCUT2D eigenvalue weighted by Gasteiger charge is -2.00. The van der Waals surface area contributed by atoms with E-state index in [-0.39, 0.29) is 0 Å². The predicted molar refractivity (Wildman–Crippen MR) is 78.7 cm³/mol. The van der Waals surface area contributed by atoms with E-state index in [9.17, 15) is 0 Å². The van der Waals surface area contributed by atoms with Gasteiger partial charge in [0.15, 0.2) is 0 Å². The van der Waals surface area contributed by atoms with Crippen molar-refractivity contribution in [1.82, 2.24) is 0 Å². The number of furan rings is 1. The number of hydrogen-bond donors (Lipinski definition) is 0. The van der Waals surface area contributed by atoms with Crippen LogP contribution in [0.4, 0.5) is 0 Å². The fourth-order valence-corrected chi connectivity index (χ4v) is 2.73. The van der Waals surface area contributed by atoms with Crippen LogP contribution >= 0.6 is 15.9 Å². The van der Waals surface area contributed by atoms with Gasteiger partial charge in [-0.2, -0.15) is 0 Å². The third-order valence-electron chi connectivity index (χ3n) is 3.16. The van der Waals surface area contributed by atoms with Crippen molar-refractivity contribution in [2.75, 3.05) is 0 Å². The fourth-order valence-electron chi connectivity index (χ4n) is 2.09. The van der Waals surface area contributed by atoms with Gasteiger partial charge in [-0.05, 0) is 40.0 Å². The second-order valence-corrected chi connectivity index (χ2v) is 5.08. The van der Waals surface area contributed by atoms with E-state index in [1.807, 2.05) is 18.2 Å². The zero-order chi connectivity index (χ0) is 12.5. The maximum Gasteiger partial charge on any atom is 0.149 e. The molecule has 0 aliphatic heterocycles. The number of para-hydroxylation sites is 1. The number of fused-ring (bicyclic) bond motifs is 1. The average Bonchev–Trinajstić information content (AvgIpc) is 2.77. The molecule has 0 saturated heterocycles. The zero-order valence-corrected chi connectivity index (χ0v) is 11.7. The molecule has 0 fully saturated rings. The summed E-state index contributed by atoms with van der Waals surface area (Å²) in [4.78, 5) is 0. The molecule has 0 amide bonds. The van der Waals surface area contributed by atoms with Crippen LogP contribution in [0.25, 0.3) is 22.3 Å². The summed E-state index contributed by atoms with van der Waals surface area (Å²) in [5, 5.41) is 1.12.